The van der Waals surface area contributed by atoms with E-state index in [-0.39, 0.29) is 0 Å². The second kappa shape index (κ2) is 12.4. The lowest BCUT2D eigenvalue weighted by molar-refractivity contribution is 1.33. The van der Waals surface area contributed by atoms with E-state index in [4.69, 9.17) is 4.98 Å². The average Bonchev–Trinajstić information content (AvgIpc) is 3.22. The van der Waals surface area contributed by atoms with Gasteiger partial charge in [-0.15, -0.1) is 0 Å². The molecule has 0 atom stereocenters. The number of hydrogen-bond donors (Lipinski definition) is 0. The Balaban J connectivity index is 1.28. The summed E-state index contributed by atoms with van der Waals surface area (Å²) in [6.45, 7) is 0. The van der Waals surface area contributed by atoms with Crippen LogP contribution in [0, 0.1) is 0 Å². The highest BCUT2D eigenvalue weighted by atomic mass is 14.7. The van der Waals surface area contributed by atoms with Gasteiger partial charge in [-0.3, -0.25) is 9.97 Å². The van der Waals surface area contributed by atoms with Gasteiger partial charge in [0.05, 0.1) is 22.4 Å². The zero-order valence-corrected chi connectivity index (χ0v) is 28.2. The number of rotatable bonds is 5. The molecule has 0 amide bonds. The van der Waals surface area contributed by atoms with Gasteiger partial charge in [-0.2, -0.15) is 0 Å². The number of aromatic nitrogens is 3. The number of fused-ring (bicyclic) bond motifs is 4. The summed E-state index contributed by atoms with van der Waals surface area (Å²) in [5.74, 6) is 0. The van der Waals surface area contributed by atoms with Crippen molar-refractivity contribution in [3.63, 3.8) is 0 Å². The van der Waals surface area contributed by atoms with Gasteiger partial charge in [0.25, 0.3) is 0 Å². The van der Waals surface area contributed by atoms with Crippen LogP contribution in [0.2, 0.25) is 0 Å². The molecule has 0 spiro atoms. The van der Waals surface area contributed by atoms with Gasteiger partial charge in [-0.25, -0.2) is 4.98 Å². The lowest BCUT2D eigenvalue weighted by atomic mass is 9.91. The fraction of sp³-hybridized carbons (Fsp3) is 0. The molecule has 0 bridgehead atoms. The molecule has 0 aliphatic heterocycles. The minimum Gasteiger partial charge on any atom is -0.256 e. The van der Waals surface area contributed by atoms with E-state index >= 15 is 0 Å². The standard InChI is InChI=1S/C49H31N3/c1-3-15-38-32(11-1)13-9-19-40(38)36-30-48(52-49(31-36)45-20-10-14-33-12-2-4-16-39(33)45)37-28-34(41-23-25-50-46-21-7-5-17-43(41)46)27-35(29-37)42-24-26-51-47-22-8-6-18-44(42)47/h1-31H. The maximum atomic E-state index is 5.50. The molecule has 0 aliphatic carbocycles. The summed E-state index contributed by atoms with van der Waals surface area (Å²) in [5, 5.41) is 7.02. The highest BCUT2D eigenvalue weighted by Gasteiger charge is 2.16. The first-order chi connectivity index (χ1) is 25.8. The van der Waals surface area contributed by atoms with E-state index in [0.29, 0.717) is 0 Å². The first-order valence-electron chi connectivity index (χ1n) is 17.6. The quantitative estimate of drug-likeness (QED) is 0.184. The van der Waals surface area contributed by atoms with Gasteiger partial charge >= 0.3 is 0 Å². The monoisotopic (exact) mass is 661 g/mol. The van der Waals surface area contributed by atoms with Crippen molar-refractivity contribution in [2.75, 3.05) is 0 Å². The van der Waals surface area contributed by atoms with Crippen LogP contribution in [0.4, 0.5) is 0 Å². The van der Waals surface area contributed by atoms with Crippen molar-refractivity contribution < 1.29 is 0 Å². The normalized spacial score (nSPS) is 11.5. The molecule has 0 saturated heterocycles. The molecule has 7 aromatic carbocycles. The van der Waals surface area contributed by atoms with E-state index in [9.17, 15) is 0 Å². The Hall–Kier alpha value is -6.97. The van der Waals surface area contributed by atoms with Crippen LogP contribution in [-0.2, 0) is 0 Å². The Bertz CT molecular complexity index is 2560. The highest BCUT2D eigenvalue weighted by Crippen LogP contribution is 2.40. The molecular formula is C49H31N3. The van der Waals surface area contributed by atoms with Crippen molar-refractivity contribution >= 4 is 43.4 Å². The van der Waals surface area contributed by atoms with Crippen LogP contribution >= 0.6 is 0 Å². The van der Waals surface area contributed by atoms with Gasteiger partial charge in [0.1, 0.15) is 0 Å². The molecule has 0 unspecified atom stereocenters. The smallest absolute Gasteiger partial charge is 0.0721 e. The van der Waals surface area contributed by atoms with E-state index in [0.717, 1.165) is 72.1 Å². The molecule has 0 N–H and O–H groups in total. The molecule has 3 aromatic heterocycles. The van der Waals surface area contributed by atoms with Gasteiger partial charge in [0.15, 0.2) is 0 Å². The number of nitrogens with zero attached hydrogens (tertiary/aromatic N) is 3. The lowest BCUT2D eigenvalue weighted by Crippen LogP contribution is -1.94. The van der Waals surface area contributed by atoms with Crippen molar-refractivity contribution in [3.05, 3.63) is 188 Å². The van der Waals surface area contributed by atoms with Crippen LogP contribution in [0.3, 0.4) is 0 Å². The predicted octanol–water partition coefficient (Wildman–Crippen LogP) is 12.8. The summed E-state index contributed by atoms with van der Waals surface area (Å²) in [6, 6.07) is 62.6. The summed E-state index contributed by atoms with van der Waals surface area (Å²) in [6.07, 6.45) is 3.81. The highest BCUT2D eigenvalue weighted by molar-refractivity contribution is 6.02. The van der Waals surface area contributed by atoms with Gasteiger partial charge in [-0.05, 0) is 110 Å². The second-order valence-corrected chi connectivity index (χ2v) is 13.2. The maximum Gasteiger partial charge on any atom is 0.0721 e. The van der Waals surface area contributed by atoms with E-state index in [2.05, 4.69) is 174 Å². The largest absolute Gasteiger partial charge is 0.256 e. The summed E-state index contributed by atoms with van der Waals surface area (Å²) < 4.78 is 0. The first-order valence-corrected chi connectivity index (χ1v) is 17.6. The van der Waals surface area contributed by atoms with Gasteiger partial charge < -0.3 is 0 Å². The Labute approximate surface area is 301 Å². The zero-order valence-electron chi connectivity index (χ0n) is 28.2. The van der Waals surface area contributed by atoms with Crippen LogP contribution in [0.5, 0.6) is 0 Å². The molecular weight excluding hydrogens is 631 g/mol. The predicted molar refractivity (Wildman–Crippen MR) is 217 cm³/mol. The van der Waals surface area contributed by atoms with E-state index in [1.165, 1.54) is 27.1 Å². The van der Waals surface area contributed by atoms with Crippen LogP contribution in [-0.4, -0.2) is 15.0 Å². The van der Waals surface area contributed by atoms with Gasteiger partial charge in [0.2, 0.25) is 0 Å². The van der Waals surface area contributed by atoms with Crippen molar-refractivity contribution in [2.24, 2.45) is 0 Å². The molecule has 10 rings (SSSR count). The minimum atomic E-state index is 0.910. The van der Waals surface area contributed by atoms with Crippen LogP contribution in [0.15, 0.2) is 188 Å². The third kappa shape index (κ3) is 5.19. The Kier molecular flexibility index (Phi) is 7.14. The van der Waals surface area contributed by atoms with Crippen molar-refractivity contribution in [1.82, 2.24) is 15.0 Å². The van der Waals surface area contributed by atoms with E-state index < -0.39 is 0 Å². The van der Waals surface area contributed by atoms with Crippen LogP contribution in [0.25, 0.3) is 99.2 Å². The Morgan fingerprint density at radius 3 is 1.33 bits per heavy atom. The zero-order chi connectivity index (χ0) is 34.4. The minimum absolute atomic E-state index is 0.910. The van der Waals surface area contributed by atoms with E-state index in [1.54, 1.807) is 0 Å². The number of pyridine rings is 3. The summed E-state index contributed by atoms with van der Waals surface area (Å²) in [5.41, 5.74) is 12.7. The van der Waals surface area contributed by atoms with Crippen molar-refractivity contribution in [3.8, 4) is 55.9 Å². The van der Waals surface area contributed by atoms with Gasteiger partial charge in [-0.1, -0.05) is 121 Å². The number of para-hydroxylation sites is 2. The summed E-state index contributed by atoms with van der Waals surface area (Å²) in [4.78, 5) is 14.9. The molecule has 3 nitrogen and oxygen atoms in total. The van der Waals surface area contributed by atoms with Crippen molar-refractivity contribution in [2.45, 2.75) is 0 Å². The lowest BCUT2D eigenvalue weighted by Gasteiger charge is -2.16. The fourth-order valence-corrected chi connectivity index (χ4v) is 7.68. The fourth-order valence-electron chi connectivity index (χ4n) is 7.68. The Morgan fingerprint density at radius 1 is 0.288 bits per heavy atom. The van der Waals surface area contributed by atoms with E-state index in [1.807, 2.05) is 24.5 Å². The third-order valence-electron chi connectivity index (χ3n) is 10.1. The third-order valence-corrected chi connectivity index (χ3v) is 10.1. The van der Waals surface area contributed by atoms with Crippen LogP contribution < -0.4 is 0 Å². The van der Waals surface area contributed by atoms with Gasteiger partial charge in [0, 0.05) is 34.3 Å². The Morgan fingerprint density at radius 2 is 0.712 bits per heavy atom. The molecule has 3 heterocycles. The first kappa shape index (κ1) is 29.9. The molecule has 0 radical (unpaired) electrons. The summed E-state index contributed by atoms with van der Waals surface area (Å²) in [7, 11) is 0. The number of benzene rings is 7. The SMILES string of the molecule is c1ccc2c(-c3cc(-c4cc(-c5ccnc6ccccc56)cc(-c5ccnc6ccccc56)c4)nc(-c4cccc5ccccc45)c3)cccc2c1. The summed E-state index contributed by atoms with van der Waals surface area (Å²) >= 11 is 0. The molecule has 52 heavy (non-hydrogen) atoms. The molecule has 0 saturated carbocycles. The molecule has 10 aromatic rings. The maximum absolute atomic E-state index is 5.50. The molecule has 0 fully saturated rings. The van der Waals surface area contributed by atoms with Crippen molar-refractivity contribution in [1.29, 1.82) is 0 Å². The molecule has 0 aliphatic rings. The van der Waals surface area contributed by atoms with Crippen LogP contribution in [0.1, 0.15) is 0 Å². The average molecular weight is 662 g/mol. The second-order valence-electron chi connectivity index (χ2n) is 13.2. The number of hydrogen-bond acceptors (Lipinski definition) is 3. The topological polar surface area (TPSA) is 38.7 Å². The molecule has 242 valence electrons. The molecule has 3 heteroatoms.